The summed E-state index contributed by atoms with van der Waals surface area (Å²) in [7, 11) is 0. The van der Waals surface area contributed by atoms with E-state index in [0.717, 1.165) is 0 Å². The average molecular weight is 389 g/mol. The number of aliphatic imine (C=N–C) groups is 1. The molecule has 2 aliphatic rings. The van der Waals surface area contributed by atoms with Crippen molar-refractivity contribution in [1.29, 1.82) is 0 Å². The molecule has 28 heavy (non-hydrogen) atoms. The Balaban J connectivity index is 1.95. The van der Waals surface area contributed by atoms with Gasteiger partial charge < -0.3 is 19.7 Å². The number of carbonyl (C=O) groups is 1. The van der Waals surface area contributed by atoms with Crippen LogP contribution in [0, 0.1) is 0 Å². The van der Waals surface area contributed by atoms with Crippen LogP contribution in [0.5, 0.6) is 23.0 Å². The molecule has 0 amide bonds. The van der Waals surface area contributed by atoms with E-state index in [-0.39, 0.29) is 11.5 Å². The number of thiocarbonyl (C=S) groups is 1. The lowest BCUT2D eigenvalue weighted by atomic mass is 9.77. The lowest BCUT2D eigenvalue weighted by molar-refractivity contribution is 0.0225. The number of benzene rings is 3. The normalized spacial score (nSPS) is 14.9. The third-order valence-electron chi connectivity index (χ3n) is 4.94. The molecule has 1 spiro atoms. The molecule has 0 atom stereocenters. The lowest BCUT2D eigenvalue weighted by Gasteiger charge is -2.36. The van der Waals surface area contributed by atoms with Gasteiger partial charge in [0.05, 0.1) is 16.4 Å². The van der Waals surface area contributed by atoms with Crippen molar-refractivity contribution in [2.45, 2.75) is 5.60 Å². The molecule has 2 aliphatic heterocycles. The predicted molar refractivity (Wildman–Crippen MR) is 103 cm³/mol. The van der Waals surface area contributed by atoms with E-state index < -0.39 is 11.6 Å². The third kappa shape index (κ3) is 2.05. The van der Waals surface area contributed by atoms with Crippen molar-refractivity contribution in [3.8, 4) is 23.0 Å². The van der Waals surface area contributed by atoms with Crippen LogP contribution < -0.4 is 4.74 Å². The monoisotopic (exact) mass is 389 g/mol. The van der Waals surface area contributed by atoms with Crippen molar-refractivity contribution in [2.24, 2.45) is 4.99 Å². The maximum absolute atomic E-state index is 12.8. The predicted octanol–water partition coefficient (Wildman–Crippen LogP) is 4.40. The van der Waals surface area contributed by atoms with Crippen LogP contribution in [0.1, 0.15) is 27.0 Å². The number of nitrogens with zero attached hydrogens (tertiary/aromatic N) is 1. The molecular weight excluding hydrogens is 378 g/mol. The van der Waals surface area contributed by atoms with Gasteiger partial charge in [-0.3, -0.25) is 0 Å². The number of ether oxygens (including phenoxy) is 2. The van der Waals surface area contributed by atoms with Crippen LogP contribution >= 0.6 is 12.2 Å². The minimum Gasteiger partial charge on any atom is -0.508 e. The lowest BCUT2D eigenvalue weighted by Crippen LogP contribution is -2.33. The molecule has 6 nitrogen and oxygen atoms in total. The molecule has 3 aromatic rings. The van der Waals surface area contributed by atoms with E-state index in [1.54, 1.807) is 30.3 Å². The van der Waals surface area contributed by atoms with Crippen LogP contribution in [0.3, 0.4) is 0 Å². The quantitative estimate of drug-likeness (QED) is 0.364. The highest BCUT2D eigenvalue weighted by atomic mass is 32.1. The molecule has 0 radical (unpaired) electrons. The maximum Gasteiger partial charge on any atom is 0.340 e. The molecule has 0 aliphatic carbocycles. The Kier molecular flexibility index (Phi) is 3.34. The maximum atomic E-state index is 12.8. The smallest absolute Gasteiger partial charge is 0.340 e. The number of fused-ring (bicyclic) bond motifs is 6. The molecule has 0 saturated heterocycles. The Morgan fingerprint density at radius 3 is 2.21 bits per heavy atom. The van der Waals surface area contributed by atoms with Gasteiger partial charge in [0, 0.05) is 28.8 Å². The largest absolute Gasteiger partial charge is 0.508 e. The van der Waals surface area contributed by atoms with E-state index in [1.807, 2.05) is 0 Å². The zero-order valence-corrected chi connectivity index (χ0v) is 15.0. The highest BCUT2D eigenvalue weighted by Gasteiger charge is 2.55. The number of rotatable bonds is 1. The number of hydrogen-bond acceptors (Lipinski definition) is 7. The Bertz CT molecular complexity index is 1180. The van der Waals surface area contributed by atoms with Gasteiger partial charge in [0.25, 0.3) is 0 Å². The molecule has 0 saturated carbocycles. The summed E-state index contributed by atoms with van der Waals surface area (Å²) in [4.78, 5) is 16.9. The van der Waals surface area contributed by atoms with Gasteiger partial charge in [-0.2, -0.15) is 4.99 Å². The van der Waals surface area contributed by atoms with E-state index in [0.29, 0.717) is 39.4 Å². The minimum absolute atomic E-state index is 0.00718. The first-order chi connectivity index (χ1) is 13.5. The molecule has 5 rings (SSSR count). The second kappa shape index (κ2) is 5.66. The van der Waals surface area contributed by atoms with E-state index in [9.17, 15) is 15.0 Å². The summed E-state index contributed by atoms with van der Waals surface area (Å²) in [6.45, 7) is 0. The highest BCUT2D eigenvalue weighted by molar-refractivity contribution is 7.78. The molecule has 0 fully saturated rings. The molecule has 7 heteroatoms. The number of carbonyl (C=O) groups excluding carboxylic acids is 1. The fourth-order valence-electron chi connectivity index (χ4n) is 3.88. The van der Waals surface area contributed by atoms with Gasteiger partial charge in [0.1, 0.15) is 23.0 Å². The van der Waals surface area contributed by atoms with Crippen LogP contribution in [0.4, 0.5) is 5.69 Å². The van der Waals surface area contributed by atoms with Crippen LogP contribution in [0.25, 0.3) is 0 Å². The molecule has 2 N–H and O–H groups in total. The summed E-state index contributed by atoms with van der Waals surface area (Å²) in [5.41, 5.74) is 1.01. The summed E-state index contributed by atoms with van der Waals surface area (Å²) < 4.78 is 11.9. The minimum atomic E-state index is -1.36. The molecule has 3 aromatic carbocycles. The van der Waals surface area contributed by atoms with Crippen LogP contribution in [-0.4, -0.2) is 21.3 Å². The number of phenolic OH excluding ortho intramolecular Hbond substituents is 2. The highest BCUT2D eigenvalue weighted by Crippen LogP contribution is 2.58. The number of esters is 1. The molecule has 0 bridgehead atoms. The fraction of sp³-hybridized carbons (Fsp3) is 0.0476. The van der Waals surface area contributed by atoms with Gasteiger partial charge >= 0.3 is 5.97 Å². The number of phenols is 2. The van der Waals surface area contributed by atoms with Crippen molar-refractivity contribution >= 4 is 29.0 Å². The average Bonchev–Trinajstić information content (AvgIpc) is 2.96. The first-order valence-electron chi connectivity index (χ1n) is 8.34. The van der Waals surface area contributed by atoms with Gasteiger partial charge in [0.2, 0.25) is 0 Å². The zero-order valence-electron chi connectivity index (χ0n) is 14.2. The fourth-order valence-corrected chi connectivity index (χ4v) is 3.98. The van der Waals surface area contributed by atoms with Crippen LogP contribution in [-0.2, 0) is 10.3 Å². The summed E-state index contributed by atoms with van der Waals surface area (Å²) in [6, 6.07) is 14.2. The molecule has 0 unspecified atom stereocenters. The van der Waals surface area contributed by atoms with Gasteiger partial charge in [-0.15, -0.1) is 0 Å². The molecule has 0 aromatic heterocycles. The van der Waals surface area contributed by atoms with Crippen molar-refractivity contribution in [3.63, 3.8) is 0 Å². The number of aromatic hydroxyl groups is 2. The molecule has 136 valence electrons. The number of hydrogen-bond donors (Lipinski definition) is 2. The standard InChI is InChI=1S/C21H11NO5S/c23-11-4-6-14-17(8-11)26-18-9-12(24)5-7-15(18)21(14)19-13(20(25)27-21)2-1-3-16(19)22-10-28/h1-9,23-24H. The Labute approximate surface area is 164 Å². The summed E-state index contributed by atoms with van der Waals surface area (Å²) in [5.74, 6) is 0.0793. The number of isothiocyanates is 1. The zero-order chi connectivity index (χ0) is 19.5. The van der Waals surface area contributed by atoms with Crippen molar-refractivity contribution in [3.05, 3.63) is 76.9 Å². The van der Waals surface area contributed by atoms with Gasteiger partial charge in [-0.1, -0.05) is 6.07 Å². The molecule has 2 heterocycles. The van der Waals surface area contributed by atoms with E-state index in [2.05, 4.69) is 10.2 Å². The third-order valence-corrected chi connectivity index (χ3v) is 5.03. The summed E-state index contributed by atoms with van der Waals surface area (Å²) in [5, 5.41) is 22.2. The van der Waals surface area contributed by atoms with Gasteiger partial charge in [-0.05, 0) is 48.6 Å². The van der Waals surface area contributed by atoms with E-state index >= 15 is 0 Å². The topological polar surface area (TPSA) is 88.4 Å². The Morgan fingerprint density at radius 2 is 1.61 bits per heavy atom. The SMILES string of the molecule is O=C1OC2(c3ccc(O)cc3Oc3cc(O)ccc32)c2c(N=C=S)cccc21. The second-order valence-corrected chi connectivity index (χ2v) is 6.62. The first-order valence-corrected chi connectivity index (χ1v) is 8.75. The van der Waals surface area contributed by atoms with Gasteiger partial charge in [0.15, 0.2) is 5.60 Å². The van der Waals surface area contributed by atoms with E-state index in [1.165, 1.54) is 24.3 Å². The van der Waals surface area contributed by atoms with Crippen LogP contribution in [0.15, 0.2) is 59.6 Å². The van der Waals surface area contributed by atoms with Gasteiger partial charge in [-0.25, -0.2) is 4.79 Å². The second-order valence-electron chi connectivity index (χ2n) is 6.44. The Morgan fingerprint density at radius 1 is 0.964 bits per heavy atom. The summed E-state index contributed by atoms with van der Waals surface area (Å²) in [6.07, 6.45) is 0. The van der Waals surface area contributed by atoms with Crippen molar-refractivity contribution in [1.82, 2.24) is 0 Å². The first kappa shape index (κ1) is 16.5. The van der Waals surface area contributed by atoms with Crippen LogP contribution in [0.2, 0.25) is 0 Å². The molecular formula is C21H11NO5S. The summed E-state index contributed by atoms with van der Waals surface area (Å²) >= 11 is 4.78. The van der Waals surface area contributed by atoms with Crippen molar-refractivity contribution < 1.29 is 24.5 Å². The Hall–Kier alpha value is -3.67. The van der Waals surface area contributed by atoms with Crippen molar-refractivity contribution in [2.75, 3.05) is 0 Å². The van der Waals surface area contributed by atoms with E-state index in [4.69, 9.17) is 21.7 Å².